The van der Waals surface area contributed by atoms with Crippen LogP contribution in [0.5, 0.6) is 0 Å². The van der Waals surface area contributed by atoms with Crippen molar-refractivity contribution in [3.05, 3.63) is 11.6 Å². The predicted octanol–water partition coefficient (Wildman–Crippen LogP) is 1.27. The second-order valence-electron chi connectivity index (χ2n) is 6.38. The van der Waals surface area contributed by atoms with E-state index in [0.717, 1.165) is 57.2 Å². The molecule has 2 N–H and O–H groups in total. The highest BCUT2D eigenvalue weighted by atomic mass is 16.2. The maximum Gasteiger partial charge on any atom is 0.317 e. The molecule has 2 amide bonds. The number of hydrogen-bond donors (Lipinski definition) is 2. The fraction of sp³-hybridized carbons (Fsp3) is 0.800. The molecule has 2 aliphatic rings. The Morgan fingerprint density at radius 3 is 2.59 bits per heavy atom. The number of aromatic amines is 1. The van der Waals surface area contributed by atoms with Crippen LogP contribution in [0.15, 0.2) is 0 Å². The number of hydrogen-bond acceptors (Lipinski definition) is 4. The molecule has 7 nitrogen and oxygen atoms in total. The average molecular weight is 306 g/mol. The molecule has 0 aromatic carbocycles. The molecule has 22 heavy (non-hydrogen) atoms. The van der Waals surface area contributed by atoms with E-state index in [9.17, 15) is 4.79 Å². The Kier molecular flexibility index (Phi) is 4.92. The third kappa shape index (κ3) is 3.97. The lowest BCUT2D eigenvalue weighted by atomic mass is 9.96. The maximum absolute atomic E-state index is 12.3. The number of nitrogens with zero attached hydrogens (tertiary/aromatic N) is 4. The van der Waals surface area contributed by atoms with Crippen LogP contribution in [0.3, 0.4) is 0 Å². The number of amides is 2. The van der Waals surface area contributed by atoms with Crippen molar-refractivity contribution in [1.29, 1.82) is 0 Å². The van der Waals surface area contributed by atoms with E-state index in [1.54, 1.807) is 0 Å². The van der Waals surface area contributed by atoms with E-state index in [2.05, 4.69) is 25.4 Å². The molecule has 7 heteroatoms. The molecule has 1 saturated heterocycles. The van der Waals surface area contributed by atoms with Gasteiger partial charge in [0.2, 0.25) is 0 Å². The van der Waals surface area contributed by atoms with Crippen molar-refractivity contribution in [2.24, 2.45) is 0 Å². The van der Waals surface area contributed by atoms with Gasteiger partial charge in [0.1, 0.15) is 5.82 Å². The molecule has 1 aliphatic carbocycles. The van der Waals surface area contributed by atoms with E-state index in [1.807, 2.05) is 11.8 Å². The van der Waals surface area contributed by atoms with Crippen LogP contribution in [0, 0.1) is 6.92 Å². The van der Waals surface area contributed by atoms with Crippen molar-refractivity contribution >= 4 is 6.03 Å². The Morgan fingerprint density at radius 1 is 1.23 bits per heavy atom. The van der Waals surface area contributed by atoms with Crippen LogP contribution in [-0.2, 0) is 6.54 Å². The second-order valence-corrected chi connectivity index (χ2v) is 6.38. The van der Waals surface area contributed by atoms with Crippen LogP contribution in [0.25, 0.3) is 0 Å². The Labute approximate surface area is 131 Å². The van der Waals surface area contributed by atoms with Gasteiger partial charge in [-0.15, -0.1) is 0 Å². The molecule has 0 spiro atoms. The molecule has 0 atom stereocenters. The molecule has 2 heterocycles. The zero-order valence-corrected chi connectivity index (χ0v) is 13.3. The summed E-state index contributed by atoms with van der Waals surface area (Å²) in [6.45, 7) is 5.98. The van der Waals surface area contributed by atoms with Gasteiger partial charge in [-0.3, -0.25) is 10.00 Å². The number of nitrogens with one attached hydrogen (secondary N) is 2. The van der Waals surface area contributed by atoms with E-state index in [0.29, 0.717) is 6.04 Å². The van der Waals surface area contributed by atoms with Gasteiger partial charge in [-0.05, 0) is 19.8 Å². The van der Waals surface area contributed by atoms with E-state index in [4.69, 9.17) is 0 Å². The Balaban J connectivity index is 1.41. The first-order chi connectivity index (χ1) is 10.7. The fourth-order valence-corrected chi connectivity index (χ4v) is 3.28. The van der Waals surface area contributed by atoms with Gasteiger partial charge in [0.25, 0.3) is 0 Å². The minimum absolute atomic E-state index is 0.111. The number of piperazine rings is 1. The number of H-pyrrole nitrogens is 1. The van der Waals surface area contributed by atoms with Gasteiger partial charge in [0.15, 0.2) is 5.82 Å². The van der Waals surface area contributed by atoms with Gasteiger partial charge in [-0.1, -0.05) is 19.3 Å². The summed E-state index contributed by atoms with van der Waals surface area (Å²) in [5, 5.41) is 10.2. The predicted molar refractivity (Wildman–Crippen MR) is 83.4 cm³/mol. The maximum atomic E-state index is 12.3. The summed E-state index contributed by atoms with van der Waals surface area (Å²) < 4.78 is 0. The van der Waals surface area contributed by atoms with Gasteiger partial charge in [-0.25, -0.2) is 9.78 Å². The summed E-state index contributed by atoms with van der Waals surface area (Å²) in [6, 6.07) is 0.496. The van der Waals surface area contributed by atoms with E-state index in [1.165, 1.54) is 19.3 Å². The number of carbonyl (C=O) groups excluding carboxylic acids is 1. The number of rotatable bonds is 3. The number of carbonyl (C=O) groups is 1. The zero-order chi connectivity index (χ0) is 15.4. The van der Waals surface area contributed by atoms with Crippen molar-refractivity contribution in [3.8, 4) is 0 Å². The number of aromatic nitrogens is 3. The summed E-state index contributed by atoms with van der Waals surface area (Å²) in [4.78, 5) is 20.9. The highest BCUT2D eigenvalue weighted by Crippen LogP contribution is 2.17. The first-order valence-electron chi connectivity index (χ1n) is 8.36. The summed E-state index contributed by atoms with van der Waals surface area (Å²) in [5.74, 6) is 1.68. The summed E-state index contributed by atoms with van der Waals surface area (Å²) in [7, 11) is 0. The monoisotopic (exact) mass is 306 g/mol. The molecule has 1 saturated carbocycles. The Hall–Kier alpha value is -1.63. The van der Waals surface area contributed by atoms with Gasteiger partial charge in [-0.2, -0.15) is 5.10 Å². The van der Waals surface area contributed by atoms with Crippen LogP contribution in [0.2, 0.25) is 0 Å². The Morgan fingerprint density at radius 2 is 1.95 bits per heavy atom. The van der Waals surface area contributed by atoms with Gasteiger partial charge >= 0.3 is 6.03 Å². The first kappa shape index (κ1) is 15.3. The van der Waals surface area contributed by atoms with E-state index < -0.39 is 0 Å². The summed E-state index contributed by atoms with van der Waals surface area (Å²) in [6.07, 6.45) is 6.07. The highest BCUT2D eigenvalue weighted by molar-refractivity contribution is 5.74. The highest BCUT2D eigenvalue weighted by Gasteiger charge is 2.24. The lowest BCUT2D eigenvalue weighted by molar-refractivity contribution is 0.130. The van der Waals surface area contributed by atoms with Crippen molar-refractivity contribution in [3.63, 3.8) is 0 Å². The minimum Gasteiger partial charge on any atom is -0.335 e. The zero-order valence-electron chi connectivity index (χ0n) is 13.3. The summed E-state index contributed by atoms with van der Waals surface area (Å²) in [5.41, 5.74) is 0. The van der Waals surface area contributed by atoms with Crippen LogP contribution in [0.4, 0.5) is 4.79 Å². The third-order valence-corrected chi connectivity index (χ3v) is 4.60. The van der Waals surface area contributed by atoms with Crippen molar-refractivity contribution < 1.29 is 4.79 Å². The SMILES string of the molecule is Cc1nc(CN2CCN(C(=O)NC3CCCCC3)CC2)n[nH]1. The molecular weight excluding hydrogens is 280 g/mol. The molecular formula is C15H26N6O. The van der Waals surface area contributed by atoms with Gasteiger partial charge in [0.05, 0.1) is 6.54 Å². The molecule has 2 fully saturated rings. The molecule has 1 aromatic rings. The second kappa shape index (κ2) is 7.09. The van der Waals surface area contributed by atoms with E-state index in [-0.39, 0.29) is 6.03 Å². The first-order valence-corrected chi connectivity index (χ1v) is 8.36. The molecule has 3 rings (SSSR count). The normalized spacial score (nSPS) is 21.0. The fourth-order valence-electron chi connectivity index (χ4n) is 3.28. The van der Waals surface area contributed by atoms with Gasteiger partial charge < -0.3 is 10.2 Å². The van der Waals surface area contributed by atoms with Crippen molar-refractivity contribution in [2.45, 2.75) is 51.6 Å². The Bertz CT molecular complexity index is 488. The van der Waals surface area contributed by atoms with Crippen LogP contribution < -0.4 is 5.32 Å². The summed E-state index contributed by atoms with van der Waals surface area (Å²) >= 11 is 0. The van der Waals surface area contributed by atoms with Crippen molar-refractivity contribution in [2.75, 3.05) is 26.2 Å². The minimum atomic E-state index is 0.111. The molecule has 1 aromatic heterocycles. The quantitative estimate of drug-likeness (QED) is 0.882. The topological polar surface area (TPSA) is 77.2 Å². The third-order valence-electron chi connectivity index (χ3n) is 4.60. The van der Waals surface area contributed by atoms with Crippen molar-refractivity contribution in [1.82, 2.24) is 30.3 Å². The molecule has 0 radical (unpaired) electrons. The largest absolute Gasteiger partial charge is 0.335 e. The molecule has 1 aliphatic heterocycles. The molecule has 0 unspecified atom stereocenters. The number of urea groups is 1. The van der Waals surface area contributed by atoms with Gasteiger partial charge in [0, 0.05) is 32.2 Å². The lowest BCUT2D eigenvalue weighted by Crippen LogP contribution is -2.53. The average Bonchev–Trinajstić information content (AvgIpc) is 2.94. The number of aryl methyl sites for hydroxylation is 1. The molecule has 0 bridgehead atoms. The van der Waals surface area contributed by atoms with Crippen LogP contribution in [0.1, 0.15) is 43.8 Å². The van der Waals surface area contributed by atoms with Crippen LogP contribution >= 0.6 is 0 Å². The lowest BCUT2D eigenvalue weighted by Gasteiger charge is -2.35. The van der Waals surface area contributed by atoms with Crippen LogP contribution in [-0.4, -0.2) is 63.2 Å². The van der Waals surface area contributed by atoms with E-state index >= 15 is 0 Å². The standard InChI is InChI=1S/C15H26N6O/c1-12-16-14(19-18-12)11-20-7-9-21(10-8-20)15(22)17-13-5-3-2-4-6-13/h13H,2-11H2,1H3,(H,17,22)(H,16,18,19). The smallest absolute Gasteiger partial charge is 0.317 e. The molecule has 122 valence electrons.